The monoisotopic (exact) mass is 592 g/mol. The Kier molecular flexibility index (Phi) is 9.94. The second-order valence-electron chi connectivity index (χ2n) is 16.0. The number of hydrogen-bond acceptors (Lipinski definition) is 4. The van der Waals surface area contributed by atoms with Gasteiger partial charge in [0.05, 0.1) is 7.11 Å². The summed E-state index contributed by atoms with van der Waals surface area (Å²) in [5.74, 6) is 6.95. The van der Waals surface area contributed by atoms with Crippen molar-refractivity contribution in [3.05, 3.63) is 29.8 Å². The molecule has 0 heterocycles. The maximum Gasteiger partial charge on any atom is 0.331 e. The fourth-order valence-electron chi connectivity index (χ4n) is 11.2. The second kappa shape index (κ2) is 13.2. The van der Waals surface area contributed by atoms with Crippen LogP contribution in [0.1, 0.15) is 124 Å². The Balaban J connectivity index is 1.17. The van der Waals surface area contributed by atoms with Gasteiger partial charge in [0, 0.05) is 6.08 Å². The first-order chi connectivity index (χ1) is 20.5. The molecule has 0 saturated heterocycles. The lowest BCUT2D eigenvalue weighted by Gasteiger charge is -2.61. The van der Waals surface area contributed by atoms with Crippen LogP contribution in [0.25, 0.3) is 6.08 Å². The van der Waals surface area contributed by atoms with E-state index in [1.807, 2.05) is 0 Å². The fourth-order valence-corrected chi connectivity index (χ4v) is 11.2. The number of methoxy groups -OCH3 is 1. The van der Waals surface area contributed by atoms with Gasteiger partial charge in [-0.3, -0.25) is 0 Å². The molecule has 4 heteroatoms. The SMILES string of the molecule is CCC(CCC(C)C1CCC2C3CCC4CC(OC(=O)C=Cc5ccc(O)c(OC)c5)CCC4(C)C3CCC12C)C(C)C. The lowest BCUT2D eigenvalue weighted by atomic mass is 9.44. The van der Waals surface area contributed by atoms with Gasteiger partial charge >= 0.3 is 5.97 Å². The van der Waals surface area contributed by atoms with E-state index in [-0.39, 0.29) is 17.8 Å². The molecule has 4 saturated carbocycles. The van der Waals surface area contributed by atoms with E-state index < -0.39 is 0 Å². The van der Waals surface area contributed by atoms with Gasteiger partial charge in [-0.2, -0.15) is 0 Å². The molecule has 0 aromatic heterocycles. The molecule has 1 aromatic rings. The average molecular weight is 593 g/mol. The molecule has 240 valence electrons. The molecule has 4 aliphatic rings. The third-order valence-corrected chi connectivity index (χ3v) is 13.7. The fraction of sp³-hybridized carbons (Fsp3) is 0.769. The van der Waals surface area contributed by atoms with Crippen LogP contribution in [0.5, 0.6) is 11.5 Å². The van der Waals surface area contributed by atoms with E-state index in [4.69, 9.17) is 9.47 Å². The highest BCUT2D eigenvalue weighted by Crippen LogP contribution is 2.68. The Morgan fingerprint density at radius 3 is 2.47 bits per heavy atom. The summed E-state index contributed by atoms with van der Waals surface area (Å²) in [5, 5.41) is 9.83. The van der Waals surface area contributed by atoms with Gasteiger partial charge in [-0.05, 0) is 146 Å². The molecule has 10 unspecified atom stereocenters. The van der Waals surface area contributed by atoms with Crippen LogP contribution in [0.15, 0.2) is 24.3 Å². The molecule has 4 aliphatic carbocycles. The first-order valence-corrected chi connectivity index (χ1v) is 17.8. The van der Waals surface area contributed by atoms with E-state index in [0.29, 0.717) is 22.5 Å². The van der Waals surface area contributed by atoms with E-state index in [1.54, 1.807) is 24.3 Å². The topological polar surface area (TPSA) is 55.8 Å². The number of phenolic OH excluding ortho intramolecular Hbond substituents is 1. The normalized spacial score (nSPS) is 36.9. The number of rotatable bonds is 10. The summed E-state index contributed by atoms with van der Waals surface area (Å²) >= 11 is 0. The van der Waals surface area contributed by atoms with Gasteiger partial charge in [-0.1, -0.05) is 60.5 Å². The van der Waals surface area contributed by atoms with Crippen molar-refractivity contribution >= 4 is 12.0 Å². The van der Waals surface area contributed by atoms with E-state index >= 15 is 0 Å². The number of carbonyl (C=O) groups excluding carboxylic acids is 1. The summed E-state index contributed by atoms with van der Waals surface area (Å²) in [7, 11) is 1.52. The standard InChI is InChI=1S/C39H60O4/c1-8-28(25(2)3)12-9-26(4)32-15-16-33-31-14-13-29-24-30(19-21-38(29,5)34(31)20-22-39(32,33)6)43-37(41)18-11-27-10-17-35(40)36(23-27)42-7/h10-11,17-18,23,25-26,28-34,40H,8-9,12-16,19-22,24H2,1-7H3. The van der Waals surface area contributed by atoms with Crippen LogP contribution in [-0.2, 0) is 9.53 Å². The van der Waals surface area contributed by atoms with Crippen LogP contribution < -0.4 is 4.74 Å². The highest BCUT2D eigenvalue weighted by molar-refractivity contribution is 5.87. The maximum absolute atomic E-state index is 12.8. The number of fused-ring (bicyclic) bond motifs is 5. The van der Waals surface area contributed by atoms with Crippen molar-refractivity contribution in [3.8, 4) is 11.5 Å². The van der Waals surface area contributed by atoms with Gasteiger partial charge in [-0.25, -0.2) is 4.79 Å². The Morgan fingerprint density at radius 1 is 1.00 bits per heavy atom. The number of carbonyl (C=O) groups is 1. The maximum atomic E-state index is 12.8. The molecular weight excluding hydrogens is 532 g/mol. The molecule has 4 fully saturated rings. The number of hydrogen-bond donors (Lipinski definition) is 1. The van der Waals surface area contributed by atoms with Gasteiger partial charge in [0.15, 0.2) is 11.5 Å². The van der Waals surface area contributed by atoms with Crippen LogP contribution in [0.4, 0.5) is 0 Å². The first-order valence-electron chi connectivity index (χ1n) is 17.8. The molecule has 4 nitrogen and oxygen atoms in total. The smallest absolute Gasteiger partial charge is 0.331 e. The van der Waals surface area contributed by atoms with Crippen molar-refractivity contribution in [2.45, 2.75) is 125 Å². The first kappa shape index (κ1) is 32.4. The van der Waals surface area contributed by atoms with Crippen molar-refractivity contribution in [2.24, 2.45) is 58.2 Å². The molecule has 1 N–H and O–H groups in total. The van der Waals surface area contributed by atoms with Gasteiger partial charge in [0.2, 0.25) is 0 Å². The van der Waals surface area contributed by atoms with Crippen molar-refractivity contribution < 1.29 is 19.4 Å². The molecule has 43 heavy (non-hydrogen) atoms. The minimum Gasteiger partial charge on any atom is -0.504 e. The number of benzene rings is 1. The highest BCUT2D eigenvalue weighted by Gasteiger charge is 2.60. The number of ether oxygens (including phenoxy) is 2. The van der Waals surface area contributed by atoms with Crippen LogP contribution >= 0.6 is 0 Å². The molecule has 0 amide bonds. The number of aromatic hydroxyl groups is 1. The van der Waals surface area contributed by atoms with Crippen molar-refractivity contribution in [3.63, 3.8) is 0 Å². The summed E-state index contributed by atoms with van der Waals surface area (Å²) in [6.45, 7) is 15.1. The molecule has 0 aliphatic heterocycles. The molecule has 10 atom stereocenters. The van der Waals surface area contributed by atoms with Gasteiger partial charge < -0.3 is 14.6 Å². The van der Waals surface area contributed by atoms with Crippen molar-refractivity contribution in [2.75, 3.05) is 7.11 Å². The minimum absolute atomic E-state index is 0.0180. The second-order valence-corrected chi connectivity index (χ2v) is 16.0. The zero-order chi connectivity index (χ0) is 30.9. The summed E-state index contributed by atoms with van der Waals surface area (Å²) in [4.78, 5) is 12.8. The van der Waals surface area contributed by atoms with E-state index in [9.17, 15) is 9.90 Å². The summed E-state index contributed by atoms with van der Waals surface area (Å²) in [6.07, 6.45) is 19.0. The summed E-state index contributed by atoms with van der Waals surface area (Å²) < 4.78 is 11.2. The lowest BCUT2D eigenvalue weighted by Crippen LogP contribution is -2.54. The Labute approximate surface area is 262 Å². The Morgan fingerprint density at radius 2 is 1.74 bits per heavy atom. The number of esters is 1. The van der Waals surface area contributed by atoms with Crippen molar-refractivity contribution in [1.29, 1.82) is 0 Å². The zero-order valence-electron chi connectivity index (χ0n) is 28.2. The molecule has 0 bridgehead atoms. The third kappa shape index (κ3) is 6.41. The molecule has 1 aromatic carbocycles. The van der Waals surface area contributed by atoms with Gasteiger partial charge in [0.1, 0.15) is 6.10 Å². The van der Waals surface area contributed by atoms with E-state index in [2.05, 4.69) is 41.5 Å². The van der Waals surface area contributed by atoms with Crippen molar-refractivity contribution in [1.82, 2.24) is 0 Å². The lowest BCUT2D eigenvalue weighted by molar-refractivity contribution is -0.157. The Bertz CT molecular complexity index is 1140. The zero-order valence-corrected chi connectivity index (χ0v) is 28.2. The molecular formula is C39H60O4. The minimum atomic E-state index is -0.271. The predicted octanol–water partition coefficient (Wildman–Crippen LogP) is 10.1. The molecule has 5 rings (SSSR count). The van der Waals surface area contributed by atoms with Gasteiger partial charge in [-0.15, -0.1) is 0 Å². The average Bonchev–Trinajstić information content (AvgIpc) is 3.34. The quantitative estimate of drug-likeness (QED) is 0.217. The third-order valence-electron chi connectivity index (χ3n) is 13.7. The highest BCUT2D eigenvalue weighted by atomic mass is 16.5. The van der Waals surface area contributed by atoms with E-state index in [1.165, 1.54) is 77.4 Å². The Hall–Kier alpha value is -1.97. The largest absolute Gasteiger partial charge is 0.504 e. The molecule has 0 radical (unpaired) electrons. The number of phenols is 1. The van der Waals surface area contributed by atoms with Crippen LogP contribution in [0.2, 0.25) is 0 Å². The molecule has 0 spiro atoms. The summed E-state index contributed by atoms with van der Waals surface area (Å²) in [5.41, 5.74) is 1.72. The predicted molar refractivity (Wildman–Crippen MR) is 176 cm³/mol. The van der Waals surface area contributed by atoms with E-state index in [0.717, 1.165) is 59.8 Å². The summed E-state index contributed by atoms with van der Waals surface area (Å²) in [6, 6.07) is 5.07. The van der Waals surface area contributed by atoms with Crippen LogP contribution in [0, 0.1) is 58.2 Å². The van der Waals surface area contributed by atoms with Crippen LogP contribution in [-0.4, -0.2) is 24.3 Å². The van der Waals surface area contributed by atoms with Gasteiger partial charge in [0.25, 0.3) is 0 Å². The van der Waals surface area contributed by atoms with Crippen LogP contribution in [0.3, 0.4) is 0 Å².